The molecule has 1 atom stereocenters. The highest BCUT2D eigenvalue weighted by atomic mass is 35.5. The Kier molecular flexibility index (Phi) is 5.97. The van der Waals surface area contributed by atoms with Crippen molar-refractivity contribution in [3.05, 3.63) is 81.0 Å². The molecule has 0 aliphatic rings. The molecule has 1 N–H and O–H groups in total. The standard InChI is InChI=1S/C20H14ClNO4S/c21-17-4-2-1-3-16(17)19(20(23)24)26-18-9-15(6-5-14(18)10-22)25-11-13-7-8-27-12-13/h1-9,12,19H,11H2,(H,23,24). The van der Waals surface area contributed by atoms with E-state index in [-0.39, 0.29) is 16.3 Å². The summed E-state index contributed by atoms with van der Waals surface area (Å²) in [5.41, 5.74) is 1.53. The molecule has 1 unspecified atom stereocenters. The third kappa shape index (κ3) is 4.59. The molecule has 5 nitrogen and oxygen atoms in total. The van der Waals surface area contributed by atoms with Gasteiger partial charge in [0.1, 0.15) is 24.2 Å². The van der Waals surface area contributed by atoms with Crippen LogP contribution in [0.1, 0.15) is 22.8 Å². The van der Waals surface area contributed by atoms with Crippen molar-refractivity contribution in [3.63, 3.8) is 0 Å². The summed E-state index contributed by atoms with van der Waals surface area (Å²) in [6.45, 7) is 0.363. The number of thiophene rings is 1. The molecule has 1 heterocycles. The molecule has 0 amide bonds. The molecule has 0 aliphatic heterocycles. The van der Waals surface area contributed by atoms with Gasteiger partial charge in [0.15, 0.2) is 0 Å². The second kappa shape index (κ2) is 8.58. The molecular weight excluding hydrogens is 386 g/mol. The minimum Gasteiger partial charge on any atom is -0.489 e. The molecule has 136 valence electrons. The van der Waals surface area contributed by atoms with E-state index in [1.807, 2.05) is 22.9 Å². The van der Waals surface area contributed by atoms with Crippen LogP contribution in [0, 0.1) is 11.3 Å². The van der Waals surface area contributed by atoms with Crippen LogP contribution in [0.2, 0.25) is 5.02 Å². The van der Waals surface area contributed by atoms with E-state index in [0.717, 1.165) is 5.56 Å². The predicted octanol–water partition coefficient (Wildman–Crippen LogP) is 5.06. The molecule has 0 saturated heterocycles. The predicted molar refractivity (Wildman–Crippen MR) is 102 cm³/mol. The third-order valence-corrected chi connectivity index (χ3v) is 4.79. The second-order valence-corrected chi connectivity index (χ2v) is 6.73. The van der Waals surface area contributed by atoms with Gasteiger partial charge in [-0.3, -0.25) is 0 Å². The Morgan fingerprint density at radius 2 is 2.07 bits per heavy atom. The van der Waals surface area contributed by atoms with Gasteiger partial charge >= 0.3 is 5.97 Å². The number of nitriles is 1. The maximum absolute atomic E-state index is 11.7. The number of carboxylic acid groups (broad SMARTS) is 1. The summed E-state index contributed by atoms with van der Waals surface area (Å²) in [6.07, 6.45) is -1.35. The van der Waals surface area contributed by atoms with Crippen LogP contribution in [0.5, 0.6) is 11.5 Å². The van der Waals surface area contributed by atoms with Crippen LogP contribution in [0.4, 0.5) is 0 Å². The van der Waals surface area contributed by atoms with E-state index in [4.69, 9.17) is 21.1 Å². The molecular formula is C20H14ClNO4S. The Balaban J connectivity index is 1.87. The first-order chi connectivity index (χ1) is 13.1. The highest BCUT2D eigenvalue weighted by Gasteiger charge is 2.25. The lowest BCUT2D eigenvalue weighted by Crippen LogP contribution is -2.19. The molecule has 0 fully saturated rings. The van der Waals surface area contributed by atoms with E-state index in [1.165, 1.54) is 12.1 Å². The molecule has 0 saturated carbocycles. The quantitative estimate of drug-likeness (QED) is 0.600. The van der Waals surface area contributed by atoms with Crippen molar-refractivity contribution in [1.29, 1.82) is 5.26 Å². The van der Waals surface area contributed by atoms with Crippen molar-refractivity contribution in [1.82, 2.24) is 0 Å². The summed E-state index contributed by atoms with van der Waals surface area (Å²) in [4.78, 5) is 11.7. The Morgan fingerprint density at radius 1 is 1.26 bits per heavy atom. The summed E-state index contributed by atoms with van der Waals surface area (Å²) >= 11 is 7.68. The van der Waals surface area contributed by atoms with Gasteiger partial charge in [-0.2, -0.15) is 16.6 Å². The number of aliphatic carboxylic acids is 1. The smallest absolute Gasteiger partial charge is 0.349 e. The number of ether oxygens (including phenoxy) is 2. The monoisotopic (exact) mass is 399 g/mol. The van der Waals surface area contributed by atoms with Crippen molar-refractivity contribution < 1.29 is 19.4 Å². The Bertz CT molecular complexity index is 982. The highest BCUT2D eigenvalue weighted by Crippen LogP contribution is 2.32. The van der Waals surface area contributed by atoms with E-state index in [0.29, 0.717) is 17.9 Å². The van der Waals surface area contributed by atoms with Crippen LogP contribution in [0.3, 0.4) is 0 Å². The molecule has 3 rings (SSSR count). The average molecular weight is 400 g/mol. The molecule has 7 heteroatoms. The fourth-order valence-electron chi connectivity index (χ4n) is 2.39. The SMILES string of the molecule is N#Cc1ccc(OCc2ccsc2)cc1OC(C(=O)O)c1ccccc1Cl. The van der Waals surface area contributed by atoms with Gasteiger partial charge in [0.05, 0.1) is 5.56 Å². The van der Waals surface area contributed by atoms with Crippen LogP contribution in [0.25, 0.3) is 0 Å². The minimum absolute atomic E-state index is 0.118. The van der Waals surface area contributed by atoms with Gasteiger partial charge in [0.2, 0.25) is 6.10 Å². The lowest BCUT2D eigenvalue weighted by Gasteiger charge is -2.18. The number of halogens is 1. The summed E-state index contributed by atoms with van der Waals surface area (Å²) in [5, 5.41) is 23.1. The zero-order valence-electron chi connectivity index (χ0n) is 14.0. The third-order valence-electron chi connectivity index (χ3n) is 3.72. The zero-order chi connectivity index (χ0) is 19.2. The number of carbonyl (C=O) groups is 1. The minimum atomic E-state index is -1.35. The van der Waals surface area contributed by atoms with Gasteiger partial charge in [-0.1, -0.05) is 29.8 Å². The van der Waals surface area contributed by atoms with E-state index in [2.05, 4.69) is 0 Å². The number of rotatable bonds is 7. The molecule has 0 radical (unpaired) electrons. The van der Waals surface area contributed by atoms with Crippen LogP contribution in [-0.4, -0.2) is 11.1 Å². The lowest BCUT2D eigenvalue weighted by atomic mass is 10.1. The fraction of sp³-hybridized carbons (Fsp3) is 0.100. The summed E-state index contributed by atoms with van der Waals surface area (Å²) in [6, 6.07) is 15.2. The fourth-order valence-corrected chi connectivity index (χ4v) is 3.27. The van der Waals surface area contributed by atoms with E-state index >= 15 is 0 Å². The van der Waals surface area contributed by atoms with Crippen molar-refractivity contribution in [2.75, 3.05) is 0 Å². The maximum atomic E-state index is 11.7. The van der Waals surface area contributed by atoms with E-state index in [1.54, 1.807) is 41.7 Å². The second-order valence-electron chi connectivity index (χ2n) is 5.55. The largest absolute Gasteiger partial charge is 0.489 e. The van der Waals surface area contributed by atoms with Gasteiger partial charge in [-0.25, -0.2) is 4.79 Å². The Hall–Kier alpha value is -3.01. The van der Waals surface area contributed by atoms with Crippen molar-refractivity contribution in [3.8, 4) is 17.6 Å². The molecule has 2 aromatic carbocycles. The maximum Gasteiger partial charge on any atom is 0.349 e. The molecule has 27 heavy (non-hydrogen) atoms. The number of carboxylic acids is 1. The Labute approximate surface area is 165 Å². The van der Waals surface area contributed by atoms with Crippen LogP contribution >= 0.6 is 22.9 Å². The van der Waals surface area contributed by atoms with Crippen LogP contribution < -0.4 is 9.47 Å². The van der Waals surface area contributed by atoms with Gasteiger partial charge in [0, 0.05) is 16.7 Å². The van der Waals surface area contributed by atoms with Gasteiger partial charge in [-0.15, -0.1) is 0 Å². The molecule has 0 aliphatic carbocycles. The molecule has 3 aromatic rings. The topological polar surface area (TPSA) is 79.5 Å². The summed E-state index contributed by atoms with van der Waals surface area (Å²) in [5.74, 6) is -0.622. The number of benzene rings is 2. The molecule has 0 bridgehead atoms. The first kappa shape index (κ1) is 18.8. The van der Waals surface area contributed by atoms with Crippen molar-refractivity contribution in [2.45, 2.75) is 12.7 Å². The molecule has 1 aromatic heterocycles. The number of nitrogens with zero attached hydrogens (tertiary/aromatic N) is 1. The summed E-state index contributed by atoms with van der Waals surface area (Å²) < 4.78 is 11.4. The Morgan fingerprint density at radius 3 is 2.74 bits per heavy atom. The summed E-state index contributed by atoms with van der Waals surface area (Å²) in [7, 11) is 0. The zero-order valence-corrected chi connectivity index (χ0v) is 15.5. The first-order valence-corrected chi connectivity index (χ1v) is 9.22. The van der Waals surface area contributed by atoms with Crippen LogP contribution in [0.15, 0.2) is 59.3 Å². The highest BCUT2D eigenvalue weighted by molar-refractivity contribution is 7.07. The van der Waals surface area contributed by atoms with Gasteiger partial charge in [0.25, 0.3) is 0 Å². The van der Waals surface area contributed by atoms with E-state index in [9.17, 15) is 15.2 Å². The van der Waals surface area contributed by atoms with Gasteiger partial charge < -0.3 is 14.6 Å². The lowest BCUT2D eigenvalue weighted by molar-refractivity contribution is -0.145. The normalized spacial score (nSPS) is 11.4. The van der Waals surface area contributed by atoms with Crippen molar-refractivity contribution >= 4 is 28.9 Å². The number of hydrogen-bond acceptors (Lipinski definition) is 5. The number of hydrogen-bond donors (Lipinski definition) is 1. The van der Waals surface area contributed by atoms with E-state index < -0.39 is 12.1 Å². The van der Waals surface area contributed by atoms with Crippen LogP contribution in [-0.2, 0) is 11.4 Å². The molecule has 0 spiro atoms. The average Bonchev–Trinajstić information content (AvgIpc) is 3.18. The first-order valence-electron chi connectivity index (χ1n) is 7.90. The van der Waals surface area contributed by atoms with Crippen molar-refractivity contribution in [2.24, 2.45) is 0 Å². The van der Waals surface area contributed by atoms with Gasteiger partial charge in [-0.05, 0) is 40.6 Å².